The first-order valence-corrected chi connectivity index (χ1v) is 8.80. The third kappa shape index (κ3) is 3.26. The number of β-lactam (4-membered cyclic amide) rings is 1. The second-order valence-electron chi connectivity index (χ2n) is 6.80. The fourth-order valence-corrected chi connectivity index (χ4v) is 3.66. The molecule has 1 aliphatic rings. The molecule has 1 aliphatic heterocycles. The van der Waals surface area contributed by atoms with E-state index < -0.39 is 23.4 Å². The quantitative estimate of drug-likeness (QED) is 0.486. The van der Waals surface area contributed by atoms with E-state index in [9.17, 15) is 14.7 Å². The number of nitrogens with zero attached hydrogens (tertiary/aromatic N) is 1. The van der Waals surface area contributed by atoms with Gasteiger partial charge in [0.15, 0.2) is 5.60 Å². The number of hydrogen-bond acceptors (Lipinski definition) is 4. The first-order chi connectivity index (χ1) is 12.9. The molecule has 2 aromatic carbocycles. The lowest BCUT2D eigenvalue weighted by molar-refractivity contribution is -0.183. The zero-order valence-electron chi connectivity index (χ0n) is 15.5. The van der Waals surface area contributed by atoms with Crippen LogP contribution >= 0.6 is 0 Å². The number of carbonyl (C=O) groups excluding carboxylic acids is 2. The first kappa shape index (κ1) is 18.9. The Labute approximate surface area is 158 Å². The predicted octanol–water partition coefficient (Wildman–Crippen LogP) is 2.83. The number of β-amino-alcohol motifs (C(OH)–C–C–N with tert-alkyl or cyclic N) is 1. The van der Waals surface area contributed by atoms with E-state index in [4.69, 9.17) is 4.74 Å². The number of likely N-dealkylation sites (tertiary alicyclic amines) is 1. The van der Waals surface area contributed by atoms with Crippen molar-refractivity contribution in [2.75, 3.05) is 13.7 Å². The molecule has 5 nitrogen and oxygen atoms in total. The first-order valence-electron chi connectivity index (χ1n) is 8.80. The van der Waals surface area contributed by atoms with E-state index in [1.165, 1.54) is 7.11 Å². The van der Waals surface area contributed by atoms with Gasteiger partial charge in [0, 0.05) is 5.57 Å². The molecule has 27 heavy (non-hydrogen) atoms. The van der Waals surface area contributed by atoms with E-state index in [0.717, 1.165) is 5.56 Å². The molecule has 1 saturated heterocycles. The van der Waals surface area contributed by atoms with Gasteiger partial charge in [-0.3, -0.25) is 4.79 Å². The Morgan fingerprint density at radius 1 is 1.11 bits per heavy atom. The third-order valence-electron chi connectivity index (χ3n) is 5.20. The SMILES string of the molecule is C=C(C(=O)OC)[C@H](c1ccccc1)[C@]1(O)CN([C@@H](C)c2ccccc2)C1=O. The van der Waals surface area contributed by atoms with Crippen LogP contribution in [0.15, 0.2) is 72.8 Å². The summed E-state index contributed by atoms with van der Waals surface area (Å²) in [6, 6.07) is 18.4. The molecule has 140 valence electrons. The highest BCUT2D eigenvalue weighted by atomic mass is 16.5. The molecule has 1 amide bonds. The van der Waals surface area contributed by atoms with E-state index in [1.807, 2.05) is 43.3 Å². The summed E-state index contributed by atoms with van der Waals surface area (Å²) >= 11 is 0. The van der Waals surface area contributed by atoms with Gasteiger partial charge in [0.1, 0.15) is 0 Å². The van der Waals surface area contributed by atoms with E-state index in [1.54, 1.807) is 29.2 Å². The Morgan fingerprint density at radius 3 is 2.11 bits per heavy atom. The maximum Gasteiger partial charge on any atom is 0.333 e. The second kappa shape index (κ2) is 7.37. The zero-order valence-corrected chi connectivity index (χ0v) is 15.5. The van der Waals surface area contributed by atoms with Crippen LogP contribution < -0.4 is 0 Å². The highest BCUT2D eigenvalue weighted by Crippen LogP contribution is 2.44. The van der Waals surface area contributed by atoms with E-state index in [0.29, 0.717) is 5.56 Å². The Bertz CT molecular complexity index is 849. The number of rotatable bonds is 6. The molecular formula is C22H23NO4. The second-order valence-corrected chi connectivity index (χ2v) is 6.80. The van der Waals surface area contributed by atoms with Gasteiger partial charge in [0.05, 0.1) is 25.6 Å². The van der Waals surface area contributed by atoms with Crippen LogP contribution in [0.25, 0.3) is 0 Å². The topological polar surface area (TPSA) is 66.8 Å². The molecule has 1 N–H and O–H groups in total. The summed E-state index contributed by atoms with van der Waals surface area (Å²) < 4.78 is 4.78. The monoisotopic (exact) mass is 365 g/mol. The minimum atomic E-state index is -1.73. The molecule has 3 rings (SSSR count). The fraction of sp³-hybridized carbons (Fsp3) is 0.273. The van der Waals surface area contributed by atoms with E-state index in [2.05, 4.69) is 6.58 Å². The van der Waals surface area contributed by atoms with Gasteiger partial charge < -0.3 is 14.7 Å². The van der Waals surface area contributed by atoms with Crippen molar-refractivity contribution in [3.8, 4) is 0 Å². The number of hydrogen-bond donors (Lipinski definition) is 1. The normalized spacial score (nSPS) is 21.1. The Morgan fingerprint density at radius 2 is 1.63 bits per heavy atom. The molecule has 0 bridgehead atoms. The lowest BCUT2D eigenvalue weighted by Crippen LogP contribution is -2.69. The van der Waals surface area contributed by atoms with Crippen LogP contribution in [0.4, 0.5) is 0 Å². The Balaban J connectivity index is 1.91. The molecule has 5 heteroatoms. The lowest BCUT2D eigenvalue weighted by atomic mass is 9.71. The molecule has 0 spiro atoms. The van der Waals surface area contributed by atoms with Crippen LogP contribution in [0.1, 0.15) is 30.0 Å². The maximum absolute atomic E-state index is 13.0. The van der Waals surface area contributed by atoms with Crippen molar-refractivity contribution < 1.29 is 19.4 Å². The van der Waals surface area contributed by atoms with E-state index >= 15 is 0 Å². The van der Waals surface area contributed by atoms with Crippen molar-refractivity contribution >= 4 is 11.9 Å². The van der Waals surface area contributed by atoms with Gasteiger partial charge in [-0.25, -0.2) is 4.79 Å². The molecule has 0 aromatic heterocycles. The average Bonchev–Trinajstić information content (AvgIpc) is 2.72. The van der Waals surface area contributed by atoms with Crippen LogP contribution in [0, 0.1) is 0 Å². The molecule has 0 aliphatic carbocycles. The Kier molecular flexibility index (Phi) is 5.15. The molecule has 1 heterocycles. The summed E-state index contributed by atoms with van der Waals surface area (Å²) in [6.07, 6.45) is 0. The van der Waals surface area contributed by atoms with Crippen molar-refractivity contribution in [1.82, 2.24) is 4.90 Å². The summed E-state index contributed by atoms with van der Waals surface area (Å²) in [4.78, 5) is 26.7. The standard InChI is InChI=1S/C22H23NO4/c1-15(20(24)27-3)19(18-12-8-5-9-13-18)22(26)14-23(21(22)25)16(2)17-10-6-4-7-11-17/h4-13,16,19,26H,1,14H2,2-3H3/t16-,19+,22+/m0/s1. The predicted molar refractivity (Wildman–Crippen MR) is 102 cm³/mol. The van der Waals surface area contributed by atoms with Gasteiger partial charge in [0.2, 0.25) is 0 Å². The molecule has 0 saturated carbocycles. The summed E-state index contributed by atoms with van der Waals surface area (Å²) in [5, 5.41) is 11.2. The molecule has 0 radical (unpaired) electrons. The van der Waals surface area contributed by atoms with Crippen molar-refractivity contribution in [3.63, 3.8) is 0 Å². The van der Waals surface area contributed by atoms with Crippen molar-refractivity contribution in [2.24, 2.45) is 0 Å². The van der Waals surface area contributed by atoms with Crippen LogP contribution in [0.2, 0.25) is 0 Å². The minimum Gasteiger partial charge on any atom is -0.466 e. The van der Waals surface area contributed by atoms with Crippen LogP contribution in [0.5, 0.6) is 0 Å². The number of methoxy groups -OCH3 is 1. The number of benzene rings is 2. The molecular weight excluding hydrogens is 342 g/mol. The zero-order chi connectivity index (χ0) is 19.6. The number of ether oxygens (including phenoxy) is 1. The number of aliphatic hydroxyl groups is 1. The molecule has 0 unspecified atom stereocenters. The highest BCUT2D eigenvalue weighted by molar-refractivity contribution is 5.98. The number of amides is 1. The summed E-state index contributed by atoms with van der Waals surface area (Å²) in [5.41, 5.74) is -0.0337. The van der Waals surface area contributed by atoms with Crippen molar-refractivity contribution in [2.45, 2.75) is 24.5 Å². The largest absolute Gasteiger partial charge is 0.466 e. The summed E-state index contributed by atoms with van der Waals surface area (Å²) in [5.74, 6) is -1.92. The average molecular weight is 365 g/mol. The fourth-order valence-electron chi connectivity index (χ4n) is 3.66. The molecule has 1 fully saturated rings. The van der Waals surface area contributed by atoms with E-state index in [-0.39, 0.29) is 18.2 Å². The van der Waals surface area contributed by atoms with Crippen LogP contribution in [-0.2, 0) is 14.3 Å². The van der Waals surface area contributed by atoms with Gasteiger partial charge in [-0.15, -0.1) is 0 Å². The molecule has 2 aromatic rings. The van der Waals surface area contributed by atoms with Gasteiger partial charge in [-0.05, 0) is 18.1 Å². The maximum atomic E-state index is 13.0. The van der Waals surface area contributed by atoms with Gasteiger partial charge >= 0.3 is 5.97 Å². The summed E-state index contributed by atoms with van der Waals surface area (Å²) in [7, 11) is 1.26. The molecule has 3 atom stereocenters. The lowest BCUT2D eigenvalue weighted by Gasteiger charge is -2.51. The van der Waals surface area contributed by atoms with Crippen molar-refractivity contribution in [1.29, 1.82) is 0 Å². The van der Waals surface area contributed by atoms with Gasteiger partial charge in [-0.1, -0.05) is 67.2 Å². The number of esters is 1. The minimum absolute atomic E-state index is 0.0616. The highest BCUT2D eigenvalue weighted by Gasteiger charge is 2.59. The third-order valence-corrected chi connectivity index (χ3v) is 5.20. The van der Waals surface area contributed by atoms with Crippen molar-refractivity contribution in [3.05, 3.63) is 83.9 Å². The van der Waals surface area contributed by atoms with Crippen LogP contribution in [0.3, 0.4) is 0 Å². The number of carbonyl (C=O) groups is 2. The summed E-state index contributed by atoms with van der Waals surface area (Å²) in [6.45, 7) is 5.83. The Hall–Kier alpha value is -2.92. The van der Waals surface area contributed by atoms with Gasteiger partial charge in [0.25, 0.3) is 5.91 Å². The van der Waals surface area contributed by atoms with Gasteiger partial charge in [-0.2, -0.15) is 0 Å². The smallest absolute Gasteiger partial charge is 0.333 e. The van der Waals surface area contributed by atoms with Crippen LogP contribution in [-0.4, -0.2) is 41.1 Å².